The topological polar surface area (TPSA) is 21.3 Å². The predicted molar refractivity (Wildman–Crippen MR) is 83.1 cm³/mol. The van der Waals surface area contributed by atoms with Gasteiger partial charge in [0.1, 0.15) is 0 Å². The van der Waals surface area contributed by atoms with Gasteiger partial charge in [-0.1, -0.05) is 43.0 Å². The molecule has 3 rings (SSSR count). The van der Waals surface area contributed by atoms with Crippen LogP contribution in [0.25, 0.3) is 0 Å². The van der Waals surface area contributed by atoms with Gasteiger partial charge in [0.25, 0.3) is 0 Å². The van der Waals surface area contributed by atoms with Crippen LogP contribution in [0.4, 0.5) is 0 Å². The van der Waals surface area contributed by atoms with Crippen LogP contribution >= 0.6 is 11.6 Å². The van der Waals surface area contributed by atoms with Gasteiger partial charge in [-0.2, -0.15) is 0 Å². The highest BCUT2D eigenvalue weighted by Gasteiger charge is 2.40. The van der Waals surface area contributed by atoms with Gasteiger partial charge in [-0.15, -0.1) is 0 Å². The molecule has 1 heterocycles. The quantitative estimate of drug-likeness (QED) is 0.893. The third-order valence-corrected chi connectivity index (χ3v) is 4.97. The first-order chi connectivity index (χ1) is 9.76. The molecule has 3 heteroatoms. The highest BCUT2D eigenvalue weighted by molar-refractivity contribution is 6.30. The minimum absolute atomic E-state index is 0.241. The molecule has 2 aliphatic rings. The first kappa shape index (κ1) is 14.4. The van der Waals surface area contributed by atoms with Crippen molar-refractivity contribution in [3.05, 3.63) is 34.9 Å². The molecule has 2 fully saturated rings. The summed E-state index contributed by atoms with van der Waals surface area (Å²) in [5.41, 5.74) is 1.52. The minimum atomic E-state index is 0.241. The second-order valence-electron chi connectivity index (χ2n) is 6.28. The Morgan fingerprint density at radius 2 is 1.85 bits per heavy atom. The van der Waals surface area contributed by atoms with Gasteiger partial charge in [-0.05, 0) is 43.4 Å². The summed E-state index contributed by atoms with van der Waals surface area (Å²) in [5, 5.41) is 4.32. The van der Waals surface area contributed by atoms with Gasteiger partial charge in [0, 0.05) is 18.1 Å². The van der Waals surface area contributed by atoms with Crippen LogP contribution in [0.3, 0.4) is 0 Å². The average molecular weight is 294 g/mol. The Hall–Kier alpha value is -0.570. The van der Waals surface area contributed by atoms with E-state index in [0.717, 1.165) is 18.1 Å². The number of rotatable bonds is 4. The van der Waals surface area contributed by atoms with Crippen LogP contribution in [-0.2, 0) is 11.3 Å². The van der Waals surface area contributed by atoms with Crippen molar-refractivity contribution < 1.29 is 4.74 Å². The molecule has 1 spiro atoms. The van der Waals surface area contributed by atoms with E-state index in [1.807, 2.05) is 12.1 Å². The molecule has 0 amide bonds. The SMILES string of the molecule is Clc1ccc(CNCC2CCC3(CCCCC3)O2)cc1. The first-order valence-corrected chi connectivity index (χ1v) is 8.27. The predicted octanol–water partition coefficient (Wildman–Crippen LogP) is 4.31. The standard InChI is InChI=1S/C17H24ClNO/c18-15-6-4-14(5-7-15)12-19-13-16-8-11-17(20-16)9-2-1-3-10-17/h4-7,16,19H,1-3,8-13H2. The van der Waals surface area contributed by atoms with E-state index in [1.54, 1.807) is 0 Å². The summed E-state index contributed by atoms with van der Waals surface area (Å²) in [5.74, 6) is 0. The first-order valence-electron chi connectivity index (χ1n) is 7.89. The van der Waals surface area contributed by atoms with Crippen LogP contribution in [0.15, 0.2) is 24.3 Å². The van der Waals surface area contributed by atoms with Crippen molar-refractivity contribution in [2.24, 2.45) is 0 Å². The van der Waals surface area contributed by atoms with Gasteiger partial charge in [0.05, 0.1) is 11.7 Å². The van der Waals surface area contributed by atoms with Crippen molar-refractivity contribution in [3.8, 4) is 0 Å². The average Bonchev–Trinajstić information content (AvgIpc) is 2.85. The monoisotopic (exact) mass is 293 g/mol. The summed E-state index contributed by atoms with van der Waals surface area (Å²) in [4.78, 5) is 0. The molecule has 1 saturated carbocycles. The molecule has 1 unspecified atom stereocenters. The minimum Gasteiger partial charge on any atom is -0.370 e. The largest absolute Gasteiger partial charge is 0.370 e. The molecular weight excluding hydrogens is 270 g/mol. The normalized spacial score (nSPS) is 25.1. The van der Waals surface area contributed by atoms with Crippen LogP contribution in [-0.4, -0.2) is 18.2 Å². The highest BCUT2D eigenvalue weighted by Crippen LogP contribution is 2.41. The second-order valence-corrected chi connectivity index (χ2v) is 6.72. The van der Waals surface area contributed by atoms with Gasteiger partial charge >= 0.3 is 0 Å². The summed E-state index contributed by atoms with van der Waals surface area (Å²) in [7, 11) is 0. The molecule has 20 heavy (non-hydrogen) atoms. The van der Waals surface area contributed by atoms with E-state index in [-0.39, 0.29) is 5.60 Å². The van der Waals surface area contributed by atoms with Gasteiger partial charge in [-0.3, -0.25) is 0 Å². The molecule has 2 nitrogen and oxygen atoms in total. The van der Waals surface area contributed by atoms with E-state index in [4.69, 9.17) is 16.3 Å². The summed E-state index contributed by atoms with van der Waals surface area (Å²) in [6.07, 6.45) is 9.54. The molecule has 1 aliphatic carbocycles. The summed E-state index contributed by atoms with van der Waals surface area (Å²) in [6, 6.07) is 8.05. The van der Waals surface area contributed by atoms with Crippen LogP contribution < -0.4 is 5.32 Å². The lowest BCUT2D eigenvalue weighted by Crippen LogP contribution is -2.34. The number of nitrogens with one attached hydrogen (secondary N) is 1. The van der Waals surface area contributed by atoms with Crippen molar-refractivity contribution in [2.45, 2.75) is 63.2 Å². The molecular formula is C17H24ClNO. The number of halogens is 1. The summed E-state index contributed by atoms with van der Waals surface area (Å²) >= 11 is 5.89. The van der Waals surface area contributed by atoms with Gasteiger partial charge in [0.15, 0.2) is 0 Å². The molecule has 0 radical (unpaired) electrons. The molecule has 1 aromatic carbocycles. The lowest BCUT2D eigenvalue weighted by Gasteiger charge is -2.33. The van der Waals surface area contributed by atoms with Gasteiger partial charge < -0.3 is 10.1 Å². The van der Waals surface area contributed by atoms with Crippen LogP contribution in [0.5, 0.6) is 0 Å². The van der Waals surface area contributed by atoms with Gasteiger partial charge in [-0.25, -0.2) is 0 Å². The Kier molecular flexibility index (Phi) is 4.65. The molecule has 1 N–H and O–H groups in total. The Morgan fingerprint density at radius 1 is 1.10 bits per heavy atom. The lowest BCUT2D eigenvalue weighted by molar-refractivity contribution is -0.0624. The second kappa shape index (κ2) is 6.46. The van der Waals surface area contributed by atoms with Crippen molar-refractivity contribution in [3.63, 3.8) is 0 Å². The fourth-order valence-electron chi connectivity index (χ4n) is 3.58. The van der Waals surface area contributed by atoms with Crippen LogP contribution in [0.2, 0.25) is 5.02 Å². The maximum atomic E-state index is 6.36. The van der Waals surface area contributed by atoms with E-state index in [1.165, 1.54) is 50.5 Å². The molecule has 1 saturated heterocycles. The van der Waals surface area contributed by atoms with E-state index in [0.29, 0.717) is 6.10 Å². The molecule has 1 aliphatic heterocycles. The summed E-state index contributed by atoms with van der Waals surface area (Å²) < 4.78 is 6.36. The fourth-order valence-corrected chi connectivity index (χ4v) is 3.71. The number of benzene rings is 1. The third kappa shape index (κ3) is 3.55. The highest BCUT2D eigenvalue weighted by atomic mass is 35.5. The van der Waals surface area contributed by atoms with Crippen LogP contribution in [0.1, 0.15) is 50.5 Å². The van der Waals surface area contributed by atoms with Crippen molar-refractivity contribution in [1.29, 1.82) is 0 Å². The molecule has 0 aromatic heterocycles. The maximum absolute atomic E-state index is 6.36. The fraction of sp³-hybridized carbons (Fsp3) is 0.647. The maximum Gasteiger partial charge on any atom is 0.0708 e. The van der Waals surface area contributed by atoms with E-state index in [9.17, 15) is 0 Å². The molecule has 110 valence electrons. The van der Waals surface area contributed by atoms with Crippen molar-refractivity contribution >= 4 is 11.6 Å². The van der Waals surface area contributed by atoms with E-state index >= 15 is 0 Å². The number of hydrogen-bond donors (Lipinski definition) is 1. The molecule has 1 atom stereocenters. The molecule has 1 aromatic rings. The van der Waals surface area contributed by atoms with E-state index < -0.39 is 0 Å². The number of hydrogen-bond acceptors (Lipinski definition) is 2. The molecule has 0 bridgehead atoms. The number of ether oxygens (including phenoxy) is 1. The van der Waals surface area contributed by atoms with E-state index in [2.05, 4.69) is 17.4 Å². The Morgan fingerprint density at radius 3 is 2.60 bits per heavy atom. The van der Waals surface area contributed by atoms with Crippen molar-refractivity contribution in [2.75, 3.05) is 6.54 Å². The third-order valence-electron chi connectivity index (χ3n) is 4.72. The Labute approximate surface area is 126 Å². The smallest absolute Gasteiger partial charge is 0.0708 e. The van der Waals surface area contributed by atoms with Crippen molar-refractivity contribution in [1.82, 2.24) is 5.32 Å². The Bertz CT molecular complexity index is 425. The van der Waals surface area contributed by atoms with Gasteiger partial charge in [0.2, 0.25) is 0 Å². The summed E-state index contributed by atoms with van der Waals surface area (Å²) in [6.45, 7) is 1.86. The Balaban J connectivity index is 1.42. The zero-order valence-electron chi connectivity index (χ0n) is 12.0. The zero-order chi connectivity index (χ0) is 13.8. The lowest BCUT2D eigenvalue weighted by atomic mass is 9.83. The zero-order valence-corrected chi connectivity index (χ0v) is 12.8. The van der Waals surface area contributed by atoms with Crippen LogP contribution in [0, 0.1) is 0 Å².